The fourth-order valence-electron chi connectivity index (χ4n) is 9.83. The van der Waals surface area contributed by atoms with E-state index < -0.39 is 0 Å². The summed E-state index contributed by atoms with van der Waals surface area (Å²) in [6.07, 6.45) is 0. The van der Waals surface area contributed by atoms with Gasteiger partial charge in [0.2, 0.25) is 0 Å². The molecule has 0 aliphatic carbocycles. The van der Waals surface area contributed by atoms with E-state index >= 15 is 0 Å². The van der Waals surface area contributed by atoms with Gasteiger partial charge in [0.25, 0.3) is 0 Å². The summed E-state index contributed by atoms with van der Waals surface area (Å²) in [5.74, 6) is 0. The topological polar surface area (TPSA) is 21.3 Å². The number of aromatic nitrogens is 1. The summed E-state index contributed by atoms with van der Waals surface area (Å²) in [6.45, 7) is 0. The Bertz CT molecular complexity index is 3880. The van der Waals surface area contributed by atoms with Crippen LogP contribution in [0.25, 0.3) is 103 Å². The van der Waals surface area contributed by atoms with Crippen LogP contribution < -0.4 is 4.90 Å². The van der Waals surface area contributed by atoms with Gasteiger partial charge in [-0.1, -0.05) is 152 Å². The van der Waals surface area contributed by atoms with Crippen LogP contribution in [0.5, 0.6) is 0 Å². The Kier molecular flexibility index (Phi) is 8.40. The number of anilines is 3. The van der Waals surface area contributed by atoms with Crippen LogP contribution in [0.3, 0.4) is 0 Å². The quantitative estimate of drug-likeness (QED) is 0.159. The van der Waals surface area contributed by atoms with E-state index in [1.807, 2.05) is 17.4 Å². The molecule has 3 heterocycles. The van der Waals surface area contributed by atoms with E-state index in [0.29, 0.717) is 0 Å². The second kappa shape index (κ2) is 14.7. The number of thiophene rings is 1. The highest BCUT2D eigenvalue weighted by atomic mass is 32.1. The highest BCUT2D eigenvalue weighted by Crippen LogP contribution is 2.44. The van der Waals surface area contributed by atoms with Gasteiger partial charge in [0, 0.05) is 70.0 Å². The number of para-hydroxylation sites is 3. The van der Waals surface area contributed by atoms with Crippen molar-refractivity contribution in [2.24, 2.45) is 0 Å². The van der Waals surface area contributed by atoms with Crippen LogP contribution in [0.15, 0.2) is 235 Å². The molecule has 13 aromatic rings. The summed E-state index contributed by atoms with van der Waals surface area (Å²) in [6, 6.07) is 83.3. The molecule has 3 aromatic heterocycles. The van der Waals surface area contributed by atoms with Crippen molar-refractivity contribution in [2.45, 2.75) is 0 Å². The van der Waals surface area contributed by atoms with Gasteiger partial charge in [-0.2, -0.15) is 0 Å². The molecule has 0 spiro atoms. The van der Waals surface area contributed by atoms with Crippen molar-refractivity contribution < 1.29 is 4.42 Å². The molecule has 0 saturated heterocycles. The van der Waals surface area contributed by atoms with Crippen molar-refractivity contribution in [3.05, 3.63) is 231 Å². The fraction of sp³-hybridized carbons (Fsp3) is 0. The monoisotopic (exact) mass is 834 g/mol. The van der Waals surface area contributed by atoms with E-state index in [0.717, 1.165) is 72.5 Å². The normalized spacial score (nSPS) is 11.8. The molecule has 10 aromatic carbocycles. The highest BCUT2D eigenvalue weighted by Gasteiger charge is 2.19. The molecular formula is C60H38N2OS. The van der Waals surface area contributed by atoms with Crippen molar-refractivity contribution in [1.82, 2.24) is 4.57 Å². The SMILES string of the molecule is c1ccc(-c2cccc3c2oc2ccc(-c4ccc(N(c5ccc(-c6cccc7sc8ccccc8c67)cc5)c5ccc6c7ccccc7n(-c7ccccc7)c6c5)cc4)cc23)cc1. The van der Waals surface area contributed by atoms with E-state index in [4.69, 9.17) is 4.42 Å². The van der Waals surface area contributed by atoms with Gasteiger partial charge in [0.15, 0.2) is 0 Å². The molecule has 0 fully saturated rings. The zero-order valence-electron chi connectivity index (χ0n) is 34.7. The maximum Gasteiger partial charge on any atom is 0.143 e. The molecule has 0 aliphatic heterocycles. The van der Waals surface area contributed by atoms with Crippen molar-refractivity contribution in [2.75, 3.05) is 4.90 Å². The van der Waals surface area contributed by atoms with Gasteiger partial charge in [-0.25, -0.2) is 0 Å². The number of rotatable bonds is 7. The number of benzene rings is 10. The summed E-state index contributed by atoms with van der Waals surface area (Å²) in [5.41, 5.74) is 15.5. The Labute approximate surface area is 373 Å². The Hall–Kier alpha value is -8.18. The Balaban J connectivity index is 0.942. The third kappa shape index (κ3) is 5.88. The molecule has 0 amide bonds. The smallest absolute Gasteiger partial charge is 0.143 e. The lowest BCUT2D eigenvalue weighted by Crippen LogP contribution is -2.10. The molecule has 0 N–H and O–H groups in total. The number of furan rings is 1. The molecule has 3 nitrogen and oxygen atoms in total. The zero-order chi connectivity index (χ0) is 42.1. The van der Waals surface area contributed by atoms with E-state index in [2.05, 4.69) is 234 Å². The van der Waals surface area contributed by atoms with E-state index in [1.54, 1.807) is 0 Å². The summed E-state index contributed by atoms with van der Waals surface area (Å²) in [4.78, 5) is 2.39. The first-order valence-corrected chi connectivity index (χ1v) is 22.6. The minimum atomic E-state index is 0.889. The van der Waals surface area contributed by atoms with Gasteiger partial charge >= 0.3 is 0 Å². The minimum absolute atomic E-state index is 0.889. The predicted octanol–water partition coefficient (Wildman–Crippen LogP) is 17.5. The highest BCUT2D eigenvalue weighted by molar-refractivity contribution is 7.25. The Morgan fingerprint density at radius 2 is 0.953 bits per heavy atom. The first kappa shape index (κ1) is 36.5. The second-order valence-electron chi connectivity index (χ2n) is 16.5. The van der Waals surface area contributed by atoms with Gasteiger partial charge in [0.05, 0.1) is 11.0 Å². The van der Waals surface area contributed by atoms with Crippen LogP contribution in [0.2, 0.25) is 0 Å². The van der Waals surface area contributed by atoms with Gasteiger partial charge in [0.1, 0.15) is 11.2 Å². The maximum atomic E-state index is 6.53. The molecular weight excluding hydrogens is 797 g/mol. The molecule has 0 bridgehead atoms. The van der Waals surface area contributed by atoms with Crippen LogP contribution in [0.4, 0.5) is 17.1 Å². The summed E-state index contributed by atoms with van der Waals surface area (Å²) in [7, 11) is 0. The number of fused-ring (bicyclic) bond motifs is 9. The summed E-state index contributed by atoms with van der Waals surface area (Å²) >= 11 is 1.86. The van der Waals surface area contributed by atoms with E-state index in [9.17, 15) is 0 Å². The first-order chi connectivity index (χ1) is 31.7. The second-order valence-corrected chi connectivity index (χ2v) is 17.5. The molecule has 0 atom stereocenters. The van der Waals surface area contributed by atoms with Crippen LogP contribution in [-0.4, -0.2) is 4.57 Å². The maximum absolute atomic E-state index is 6.53. The Morgan fingerprint density at radius 1 is 0.359 bits per heavy atom. The van der Waals surface area contributed by atoms with Crippen LogP contribution >= 0.6 is 11.3 Å². The van der Waals surface area contributed by atoms with Gasteiger partial charge in [-0.3, -0.25) is 0 Å². The van der Waals surface area contributed by atoms with Crippen LogP contribution in [-0.2, 0) is 0 Å². The molecule has 300 valence electrons. The lowest BCUT2D eigenvalue weighted by atomic mass is 9.99. The predicted molar refractivity (Wildman–Crippen MR) is 272 cm³/mol. The summed E-state index contributed by atoms with van der Waals surface area (Å²) < 4.78 is 11.5. The molecule has 0 radical (unpaired) electrons. The van der Waals surface area contributed by atoms with Gasteiger partial charge in [-0.05, 0) is 107 Å². The molecule has 0 aliphatic rings. The van der Waals surface area contributed by atoms with Crippen molar-refractivity contribution in [3.63, 3.8) is 0 Å². The minimum Gasteiger partial charge on any atom is -0.455 e. The van der Waals surface area contributed by atoms with Gasteiger partial charge < -0.3 is 13.9 Å². The van der Waals surface area contributed by atoms with E-state index in [-0.39, 0.29) is 0 Å². The van der Waals surface area contributed by atoms with Crippen molar-refractivity contribution in [1.29, 1.82) is 0 Å². The lowest BCUT2D eigenvalue weighted by Gasteiger charge is -2.26. The van der Waals surface area contributed by atoms with Gasteiger partial charge in [-0.15, -0.1) is 11.3 Å². The van der Waals surface area contributed by atoms with Crippen molar-refractivity contribution in [3.8, 4) is 39.1 Å². The average Bonchev–Trinajstić information content (AvgIpc) is 4.04. The summed E-state index contributed by atoms with van der Waals surface area (Å²) in [5, 5.41) is 7.33. The molecule has 4 heteroatoms. The lowest BCUT2D eigenvalue weighted by molar-refractivity contribution is 0.670. The third-order valence-electron chi connectivity index (χ3n) is 12.8. The largest absolute Gasteiger partial charge is 0.455 e. The molecule has 0 saturated carbocycles. The average molecular weight is 835 g/mol. The fourth-order valence-corrected chi connectivity index (χ4v) is 11.0. The van der Waals surface area contributed by atoms with E-state index in [1.165, 1.54) is 47.6 Å². The molecule has 64 heavy (non-hydrogen) atoms. The molecule has 0 unspecified atom stereocenters. The van der Waals surface area contributed by atoms with Crippen molar-refractivity contribution >= 4 is 92.3 Å². The number of nitrogens with zero attached hydrogens (tertiary/aromatic N) is 2. The third-order valence-corrected chi connectivity index (χ3v) is 13.9. The molecule has 13 rings (SSSR count). The number of hydrogen-bond donors (Lipinski definition) is 0. The standard InChI is InChI=1S/C60H38N2OS/c1-3-13-40(14-4-1)48-20-11-21-51-53-37-42(29-36-56(53)63-60(48)51)39-25-30-44(31-26-39)61(45-32-27-41(28-33-45)47-19-12-24-58-59(47)52-18-8-10-23-57(52)64-58)46-34-35-50-49-17-7-9-22-54(49)62(55(50)38-46)43-15-5-2-6-16-43/h1-38H. The number of hydrogen-bond acceptors (Lipinski definition) is 3. The zero-order valence-corrected chi connectivity index (χ0v) is 35.5. The first-order valence-electron chi connectivity index (χ1n) is 21.7. The van der Waals surface area contributed by atoms with Crippen LogP contribution in [0.1, 0.15) is 0 Å². The van der Waals surface area contributed by atoms with Crippen LogP contribution in [0, 0.1) is 0 Å². The Morgan fingerprint density at radius 3 is 1.77 bits per heavy atom.